The molecule has 1 aliphatic heterocycles. The van der Waals surface area contributed by atoms with Gasteiger partial charge in [0.2, 0.25) is 0 Å². The molecule has 7 heavy (non-hydrogen) atoms. The van der Waals surface area contributed by atoms with E-state index in [1.54, 1.807) is 0 Å². The summed E-state index contributed by atoms with van der Waals surface area (Å²) in [5.74, 6) is 0. The van der Waals surface area contributed by atoms with E-state index in [1.807, 2.05) is 0 Å². The van der Waals surface area contributed by atoms with Gasteiger partial charge in [-0.3, -0.25) is 0 Å². The molecule has 3 heteroatoms. The SMILES string of the molecule is OC1C[N]CC1O. The lowest BCUT2D eigenvalue weighted by molar-refractivity contribution is 0.0572. The molecular weight excluding hydrogens is 94.0 g/mol. The van der Waals surface area contributed by atoms with E-state index in [1.165, 1.54) is 0 Å². The molecule has 0 amide bonds. The van der Waals surface area contributed by atoms with Crippen molar-refractivity contribution < 1.29 is 10.2 Å². The number of hydrogen-bond donors (Lipinski definition) is 2. The average Bonchev–Trinajstić information content (AvgIpc) is 1.91. The highest BCUT2D eigenvalue weighted by atomic mass is 16.3. The van der Waals surface area contributed by atoms with Gasteiger partial charge in [0.05, 0.1) is 12.2 Å². The fourth-order valence-corrected chi connectivity index (χ4v) is 0.582. The quantitative estimate of drug-likeness (QED) is 0.384. The summed E-state index contributed by atoms with van der Waals surface area (Å²) in [6.45, 7) is 0.808. The second-order valence-corrected chi connectivity index (χ2v) is 1.72. The Morgan fingerprint density at radius 1 is 1.14 bits per heavy atom. The zero-order valence-corrected chi connectivity index (χ0v) is 3.91. The maximum atomic E-state index is 8.65. The molecule has 2 N–H and O–H groups in total. The summed E-state index contributed by atoms with van der Waals surface area (Å²) < 4.78 is 0. The van der Waals surface area contributed by atoms with Gasteiger partial charge >= 0.3 is 0 Å². The molecule has 0 aliphatic carbocycles. The van der Waals surface area contributed by atoms with Gasteiger partial charge < -0.3 is 10.2 Å². The molecule has 1 fully saturated rings. The molecule has 2 atom stereocenters. The van der Waals surface area contributed by atoms with Crippen LogP contribution in [0.2, 0.25) is 0 Å². The second kappa shape index (κ2) is 1.78. The van der Waals surface area contributed by atoms with Crippen LogP contribution in [0.15, 0.2) is 0 Å². The molecular formula is C4H8NO2. The van der Waals surface area contributed by atoms with Gasteiger partial charge in [0.1, 0.15) is 0 Å². The molecule has 1 rings (SSSR count). The van der Waals surface area contributed by atoms with Crippen molar-refractivity contribution >= 4 is 0 Å². The van der Waals surface area contributed by atoms with Crippen molar-refractivity contribution in [1.82, 2.24) is 5.32 Å². The van der Waals surface area contributed by atoms with Crippen molar-refractivity contribution in [2.75, 3.05) is 13.1 Å². The van der Waals surface area contributed by atoms with E-state index in [4.69, 9.17) is 10.2 Å². The predicted octanol–water partition coefficient (Wildman–Crippen LogP) is -1.67. The Hall–Kier alpha value is -0.120. The van der Waals surface area contributed by atoms with Crippen molar-refractivity contribution in [3.8, 4) is 0 Å². The number of aliphatic hydroxyl groups is 2. The molecule has 0 saturated carbocycles. The van der Waals surface area contributed by atoms with E-state index >= 15 is 0 Å². The first-order valence-corrected chi connectivity index (χ1v) is 2.30. The van der Waals surface area contributed by atoms with E-state index in [9.17, 15) is 0 Å². The van der Waals surface area contributed by atoms with Gasteiger partial charge in [0, 0.05) is 13.1 Å². The van der Waals surface area contributed by atoms with Crippen molar-refractivity contribution in [3.63, 3.8) is 0 Å². The van der Waals surface area contributed by atoms with Gasteiger partial charge in [-0.25, -0.2) is 5.32 Å². The van der Waals surface area contributed by atoms with Crippen molar-refractivity contribution in [2.24, 2.45) is 0 Å². The van der Waals surface area contributed by atoms with Crippen LogP contribution >= 0.6 is 0 Å². The number of aliphatic hydroxyl groups excluding tert-OH is 2. The minimum Gasteiger partial charge on any atom is -0.389 e. The Bertz CT molecular complexity index is 58.7. The summed E-state index contributed by atoms with van der Waals surface area (Å²) >= 11 is 0. The molecule has 1 saturated heterocycles. The van der Waals surface area contributed by atoms with Gasteiger partial charge in [0.15, 0.2) is 0 Å². The van der Waals surface area contributed by atoms with Crippen LogP contribution in [0.5, 0.6) is 0 Å². The van der Waals surface area contributed by atoms with Gasteiger partial charge in [-0.2, -0.15) is 0 Å². The third-order valence-corrected chi connectivity index (χ3v) is 1.08. The van der Waals surface area contributed by atoms with Gasteiger partial charge in [0.25, 0.3) is 0 Å². The molecule has 0 aromatic carbocycles. The van der Waals surface area contributed by atoms with Crippen LogP contribution in [0.3, 0.4) is 0 Å². The van der Waals surface area contributed by atoms with Crippen LogP contribution in [0.25, 0.3) is 0 Å². The highest BCUT2D eigenvalue weighted by molar-refractivity contribution is 4.78. The minimum atomic E-state index is -0.597. The fraction of sp³-hybridized carbons (Fsp3) is 1.00. The minimum absolute atomic E-state index is 0.404. The van der Waals surface area contributed by atoms with Crippen molar-refractivity contribution in [3.05, 3.63) is 0 Å². The maximum absolute atomic E-state index is 8.65. The topological polar surface area (TPSA) is 54.6 Å². The highest BCUT2D eigenvalue weighted by Crippen LogP contribution is 1.98. The van der Waals surface area contributed by atoms with E-state index in [0.29, 0.717) is 13.1 Å². The van der Waals surface area contributed by atoms with Crippen LogP contribution in [0.4, 0.5) is 0 Å². The fourth-order valence-electron chi connectivity index (χ4n) is 0.582. The molecule has 2 unspecified atom stereocenters. The van der Waals surface area contributed by atoms with Crippen LogP contribution in [0, 0.1) is 0 Å². The highest BCUT2D eigenvalue weighted by Gasteiger charge is 2.22. The smallest absolute Gasteiger partial charge is 0.0952 e. The lowest BCUT2D eigenvalue weighted by Crippen LogP contribution is -2.22. The first-order valence-electron chi connectivity index (χ1n) is 2.30. The lowest BCUT2D eigenvalue weighted by Gasteiger charge is -2.01. The molecule has 1 heterocycles. The third kappa shape index (κ3) is 0.907. The van der Waals surface area contributed by atoms with Crippen LogP contribution in [-0.2, 0) is 0 Å². The first kappa shape index (κ1) is 5.03. The number of hydrogen-bond acceptors (Lipinski definition) is 2. The molecule has 0 aromatic heterocycles. The molecule has 0 bridgehead atoms. The number of nitrogens with zero attached hydrogens (tertiary/aromatic N) is 1. The molecule has 1 radical (unpaired) electrons. The Balaban J connectivity index is 2.33. The summed E-state index contributed by atoms with van der Waals surface area (Å²) in [7, 11) is 0. The Kier molecular flexibility index (Phi) is 1.27. The Morgan fingerprint density at radius 3 is 1.71 bits per heavy atom. The predicted molar refractivity (Wildman–Crippen MR) is 23.9 cm³/mol. The summed E-state index contributed by atoms with van der Waals surface area (Å²) in [5.41, 5.74) is 0. The summed E-state index contributed by atoms with van der Waals surface area (Å²) in [4.78, 5) is 0. The van der Waals surface area contributed by atoms with E-state index in [2.05, 4.69) is 5.32 Å². The summed E-state index contributed by atoms with van der Waals surface area (Å²) in [6, 6.07) is 0. The third-order valence-electron chi connectivity index (χ3n) is 1.08. The Labute approximate surface area is 42.0 Å². The lowest BCUT2D eigenvalue weighted by atomic mass is 10.3. The summed E-state index contributed by atoms with van der Waals surface area (Å²) in [6.07, 6.45) is -1.19. The maximum Gasteiger partial charge on any atom is 0.0952 e. The van der Waals surface area contributed by atoms with Crippen LogP contribution in [-0.4, -0.2) is 35.5 Å². The zero-order valence-electron chi connectivity index (χ0n) is 3.91. The van der Waals surface area contributed by atoms with E-state index < -0.39 is 12.2 Å². The second-order valence-electron chi connectivity index (χ2n) is 1.72. The standard InChI is InChI=1S/C4H8NO2/c6-3-1-5-2-4(3)7/h3-4,6-7H,1-2H2. The van der Waals surface area contributed by atoms with Crippen molar-refractivity contribution in [1.29, 1.82) is 0 Å². The molecule has 1 aliphatic rings. The van der Waals surface area contributed by atoms with Gasteiger partial charge in [-0.1, -0.05) is 0 Å². The van der Waals surface area contributed by atoms with Crippen LogP contribution in [0.1, 0.15) is 0 Å². The molecule has 0 spiro atoms. The first-order chi connectivity index (χ1) is 3.30. The summed E-state index contributed by atoms with van der Waals surface area (Å²) in [5, 5.41) is 21.1. The van der Waals surface area contributed by atoms with E-state index in [0.717, 1.165) is 0 Å². The molecule has 0 aromatic rings. The zero-order chi connectivity index (χ0) is 5.28. The monoisotopic (exact) mass is 102 g/mol. The Morgan fingerprint density at radius 2 is 1.57 bits per heavy atom. The number of rotatable bonds is 0. The van der Waals surface area contributed by atoms with E-state index in [-0.39, 0.29) is 0 Å². The molecule has 3 nitrogen and oxygen atoms in total. The largest absolute Gasteiger partial charge is 0.389 e. The van der Waals surface area contributed by atoms with Crippen molar-refractivity contribution in [2.45, 2.75) is 12.2 Å². The molecule has 41 valence electrons. The normalized spacial score (nSPS) is 42.0. The van der Waals surface area contributed by atoms with Crippen LogP contribution < -0.4 is 5.32 Å². The van der Waals surface area contributed by atoms with Gasteiger partial charge in [-0.15, -0.1) is 0 Å². The van der Waals surface area contributed by atoms with Gasteiger partial charge in [-0.05, 0) is 0 Å². The average molecular weight is 102 g/mol.